The topological polar surface area (TPSA) is 51.5 Å². The molecule has 0 aromatic carbocycles. The van der Waals surface area contributed by atoms with Crippen LogP contribution in [0, 0.1) is 6.92 Å². The van der Waals surface area contributed by atoms with Crippen molar-refractivity contribution in [3.05, 3.63) is 46.0 Å². The monoisotopic (exact) mass is 265 g/mol. The van der Waals surface area contributed by atoms with E-state index in [1.54, 1.807) is 24.5 Å². The average Bonchev–Trinajstić information content (AvgIpc) is 3.01. The molecule has 2 aromatic rings. The molecule has 0 saturated carbocycles. The minimum atomic E-state index is -0.154. The third-order valence-corrected chi connectivity index (χ3v) is 3.69. The molecule has 0 saturated heterocycles. The largest absolute Gasteiger partial charge is 0.472 e. The van der Waals surface area contributed by atoms with Crippen LogP contribution >= 0.6 is 11.3 Å². The minimum Gasteiger partial charge on any atom is -0.472 e. The van der Waals surface area contributed by atoms with Crippen molar-refractivity contribution in [2.75, 3.05) is 13.7 Å². The van der Waals surface area contributed by atoms with Gasteiger partial charge < -0.3 is 14.5 Å². The maximum Gasteiger partial charge on any atom is 0.254 e. The second-order valence-corrected chi connectivity index (χ2v) is 5.21. The number of amides is 1. The van der Waals surface area contributed by atoms with Gasteiger partial charge in [0, 0.05) is 23.4 Å². The first-order valence-corrected chi connectivity index (χ1v) is 6.42. The highest BCUT2D eigenvalue weighted by molar-refractivity contribution is 7.12. The Morgan fingerprint density at radius 3 is 2.89 bits per heavy atom. The van der Waals surface area contributed by atoms with Gasteiger partial charge in [0.2, 0.25) is 0 Å². The van der Waals surface area contributed by atoms with Crippen LogP contribution in [-0.4, -0.2) is 19.6 Å². The maximum atomic E-state index is 11.7. The first-order valence-electron chi connectivity index (χ1n) is 5.60. The van der Waals surface area contributed by atoms with Crippen molar-refractivity contribution in [1.82, 2.24) is 5.32 Å². The van der Waals surface area contributed by atoms with Crippen molar-refractivity contribution in [2.24, 2.45) is 0 Å². The predicted molar refractivity (Wildman–Crippen MR) is 69.8 cm³/mol. The molecule has 1 N–H and O–H groups in total. The Labute approximate surface area is 110 Å². The summed E-state index contributed by atoms with van der Waals surface area (Å²) in [5, 5.41) is 2.83. The van der Waals surface area contributed by atoms with E-state index >= 15 is 0 Å². The highest BCUT2D eigenvalue weighted by Gasteiger charge is 2.14. The van der Waals surface area contributed by atoms with Gasteiger partial charge in [0.1, 0.15) is 12.4 Å². The van der Waals surface area contributed by atoms with Crippen LogP contribution in [0.25, 0.3) is 0 Å². The van der Waals surface area contributed by atoms with E-state index in [1.807, 2.05) is 19.1 Å². The van der Waals surface area contributed by atoms with Gasteiger partial charge in [-0.3, -0.25) is 4.79 Å². The van der Waals surface area contributed by atoms with Gasteiger partial charge in [-0.1, -0.05) is 0 Å². The van der Waals surface area contributed by atoms with Crippen LogP contribution in [0.3, 0.4) is 0 Å². The Hall–Kier alpha value is -1.59. The summed E-state index contributed by atoms with van der Waals surface area (Å²) >= 11 is 1.67. The van der Waals surface area contributed by atoms with Gasteiger partial charge >= 0.3 is 0 Å². The summed E-state index contributed by atoms with van der Waals surface area (Å²) in [5.74, 6) is -0.154. The molecule has 5 heteroatoms. The molecule has 4 nitrogen and oxygen atoms in total. The van der Waals surface area contributed by atoms with Crippen LogP contribution in [-0.2, 0) is 4.74 Å². The molecule has 96 valence electrons. The molecule has 2 aromatic heterocycles. The Morgan fingerprint density at radius 2 is 2.33 bits per heavy atom. The molecule has 0 aliphatic heterocycles. The van der Waals surface area contributed by atoms with Crippen LogP contribution in [0.1, 0.15) is 26.2 Å². The van der Waals surface area contributed by atoms with Gasteiger partial charge in [-0.15, -0.1) is 11.3 Å². The van der Waals surface area contributed by atoms with E-state index in [0.29, 0.717) is 12.1 Å². The number of furan rings is 1. The summed E-state index contributed by atoms with van der Waals surface area (Å²) in [6, 6.07) is 5.70. The van der Waals surface area contributed by atoms with Crippen LogP contribution < -0.4 is 5.32 Å². The van der Waals surface area contributed by atoms with Gasteiger partial charge in [0.25, 0.3) is 5.91 Å². The third kappa shape index (κ3) is 3.00. The summed E-state index contributed by atoms with van der Waals surface area (Å²) in [7, 11) is 1.64. The van der Waals surface area contributed by atoms with Gasteiger partial charge in [-0.05, 0) is 25.1 Å². The predicted octanol–water partition coefficient (Wildman–Crippen LogP) is 2.77. The summed E-state index contributed by atoms with van der Waals surface area (Å²) in [4.78, 5) is 14.1. The molecule has 1 amide bonds. The molecule has 2 heterocycles. The van der Waals surface area contributed by atoms with E-state index in [1.165, 1.54) is 17.4 Å². The molecule has 0 bridgehead atoms. The number of aryl methyl sites for hydroxylation is 1. The lowest BCUT2D eigenvalue weighted by Gasteiger charge is -2.14. The molecule has 0 unspecified atom stereocenters. The van der Waals surface area contributed by atoms with Crippen molar-refractivity contribution < 1.29 is 13.9 Å². The number of carbonyl (C=O) groups excluding carboxylic acids is 1. The lowest BCUT2D eigenvalue weighted by atomic mass is 10.2. The van der Waals surface area contributed by atoms with Crippen molar-refractivity contribution in [2.45, 2.75) is 13.0 Å². The fourth-order valence-corrected chi connectivity index (χ4v) is 2.56. The smallest absolute Gasteiger partial charge is 0.254 e. The van der Waals surface area contributed by atoms with Crippen LogP contribution in [0.2, 0.25) is 0 Å². The number of rotatable bonds is 5. The third-order valence-electron chi connectivity index (χ3n) is 2.59. The van der Waals surface area contributed by atoms with Crippen molar-refractivity contribution >= 4 is 17.2 Å². The lowest BCUT2D eigenvalue weighted by Crippen LogP contribution is -2.28. The summed E-state index contributed by atoms with van der Waals surface area (Å²) < 4.78 is 10.3. The quantitative estimate of drug-likeness (QED) is 0.904. The van der Waals surface area contributed by atoms with E-state index in [2.05, 4.69) is 5.32 Å². The Morgan fingerprint density at radius 1 is 1.50 bits per heavy atom. The first kappa shape index (κ1) is 12.9. The Kier molecular flexibility index (Phi) is 4.17. The van der Waals surface area contributed by atoms with Crippen molar-refractivity contribution in [1.29, 1.82) is 0 Å². The van der Waals surface area contributed by atoms with Gasteiger partial charge in [-0.25, -0.2) is 0 Å². The molecular weight excluding hydrogens is 250 g/mol. The zero-order valence-electron chi connectivity index (χ0n) is 10.3. The van der Waals surface area contributed by atoms with Gasteiger partial charge in [0.05, 0.1) is 11.8 Å². The van der Waals surface area contributed by atoms with E-state index in [-0.39, 0.29) is 12.0 Å². The fourth-order valence-electron chi connectivity index (χ4n) is 1.61. The van der Waals surface area contributed by atoms with Crippen LogP contribution in [0.5, 0.6) is 0 Å². The summed E-state index contributed by atoms with van der Waals surface area (Å²) in [5.41, 5.74) is 0.521. The minimum absolute atomic E-state index is 0.112. The second-order valence-electron chi connectivity index (χ2n) is 3.89. The number of thiophene rings is 1. The molecule has 0 aliphatic carbocycles. The van der Waals surface area contributed by atoms with Gasteiger partial charge in [-0.2, -0.15) is 0 Å². The van der Waals surface area contributed by atoms with Crippen molar-refractivity contribution in [3.8, 4) is 0 Å². The Bertz CT molecular complexity index is 504. The highest BCUT2D eigenvalue weighted by atomic mass is 32.1. The van der Waals surface area contributed by atoms with E-state index in [4.69, 9.17) is 9.15 Å². The number of carbonyl (C=O) groups is 1. The molecule has 0 radical (unpaired) electrons. The summed E-state index contributed by atoms with van der Waals surface area (Å²) in [6.07, 6.45) is 2.79. The molecule has 2 rings (SSSR count). The van der Waals surface area contributed by atoms with E-state index in [9.17, 15) is 4.79 Å². The Balaban J connectivity index is 1.94. The van der Waals surface area contributed by atoms with E-state index in [0.717, 1.165) is 4.88 Å². The first-order chi connectivity index (χ1) is 8.70. The number of ether oxygens (including phenoxy) is 1. The average molecular weight is 265 g/mol. The molecular formula is C13H15NO3S. The zero-order valence-corrected chi connectivity index (χ0v) is 11.1. The van der Waals surface area contributed by atoms with Gasteiger partial charge in [0.15, 0.2) is 0 Å². The van der Waals surface area contributed by atoms with E-state index < -0.39 is 0 Å². The molecule has 0 aliphatic rings. The summed E-state index contributed by atoms with van der Waals surface area (Å²) in [6.45, 7) is 2.49. The molecule has 0 spiro atoms. The fraction of sp³-hybridized carbons (Fsp3) is 0.308. The number of hydrogen-bond acceptors (Lipinski definition) is 4. The highest BCUT2D eigenvalue weighted by Crippen LogP contribution is 2.24. The van der Waals surface area contributed by atoms with Crippen LogP contribution in [0.4, 0.5) is 0 Å². The second kappa shape index (κ2) is 5.84. The molecule has 0 fully saturated rings. The maximum absolute atomic E-state index is 11.7. The molecule has 18 heavy (non-hydrogen) atoms. The standard InChI is InChI=1S/C13H15NO3S/c1-9-3-4-12(18-9)11(16-2)7-14-13(15)10-5-6-17-8-10/h3-6,8,11H,7H2,1-2H3,(H,14,15)/t11-/m1/s1. The number of hydrogen-bond donors (Lipinski definition) is 1. The lowest BCUT2D eigenvalue weighted by molar-refractivity contribution is 0.0837. The molecule has 1 atom stereocenters. The number of methoxy groups -OCH3 is 1. The SMILES string of the molecule is CO[C@H](CNC(=O)c1ccoc1)c1ccc(C)s1. The normalized spacial score (nSPS) is 12.3. The van der Waals surface area contributed by atoms with Crippen LogP contribution in [0.15, 0.2) is 35.1 Å². The number of nitrogens with one attached hydrogen (secondary N) is 1. The zero-order chi connectivity index (χ0) is 13.0. The van der Waals surface area contributed by atoms with Crippen molar-refractivity contribution in [3.63, 3.8) is 0 Å².